The normalized spacial score (nSPS) is 10.9. The Morgan fingerprint density at radius 2 is 2.25 bits per heavy atom. The summed E-state index contributed by atoms with van der Waals surface area (Å²) in [4.78, 5) is 22.3. The molecule has 0 aliphatic heterocycles. The van der Waals surface area contributed by atoms with Crippen LogP contribution in [0.5, 0.6) is 0 Å². The number of rotatable bonds is 2. The summed E-state index contributed by atoms with van der Waals surface area (Å²) in [6, 6.07) is 3.19. The van der Waals surface area contributed by atoms with Gasteiger partial charge in [-0.05, 0) is 28.1 Å². The summed E-state index contributed by atoms with van der Waals surface area (Å²) in [6.45, 7) is -0.222. The maximum absolute atomic E-state index is 11.5. The van der Waals surface area contributed by atoms with Gasteiger partial charge < -0.3 is 10.2 Å². The molecule has 0 saturated heterocycles. The summed E-state index contributed by atoms with van der Waals surface area (Å²) in [5, 5.41) is 0.424. The second kappa shape index (κ2) is 3.95. The lowest BCUT2D eigenvalue weighted by atomic mass is 10.3. The Kier molecular flexibility index (Phi) is 2.77. The van der Waals surface area contributed by atoms with Crippen molar-refractivity contribution in [2.24, 2.45) is 5.73 Å². The number of primary amides is 1. The molecule has 84 valence electrons. The molecule has 7 heteroatoms. The van der Waals surface area contributed by atoms with Gasteiger partial charge in [0.25, 0.3) is 0 Å². The van der Waals surface area contributed by atoms with E-state index in [1.807, 2.05) is 0 Å². The van der Waals surface area contributed by atoms with Gasteiger partial charge >= 0.3 is 5.76 Å². The van der Waals surface area contributed by atoms with Crippen LogP contribution in [0.15, 0.2) is 25.8 Å². The van der Waals surface area contributed by atoms with Crippen LogP contribution in [0.1, 0.15) is 0 Å². The highest BCUT2D eigenvalue weighted by atomic mass is 79.9. The molecule has 0 spiro atoms. The second-order valence-electron chi connectivity index (χ2n) is 3.13. The molecule has 1 amide bonds. The zero-order valence-electron chi connectivity index (χ0n) is 7.87. The third-order valence-corrected chi connectivity index (χ3v) is 3.37. The predicted octanol–water partition coefficient (Wildman–Crippen LogP) is 1.50. The second-order valence-corrected chi connectivity index (χ2v) is 4.33. The minimum absolute atomic E-state index is 0.222. The van der Waals surface area contributed by atoms with E-state index in [2.05, 4.69) is 15.9 Å². The molecular weight excluding hydrogens is 299 g/mol. The van der Waals surface area contributed by atoms with E-state index in [-0.39, 0.29) is 6.54 Å². The Morgan fingerprint density at radius 3 is 2.88 bits per heavy atom. The Morgan fingerprint density at radius 1 is 1.56 bits per heavy atom. The van der Waals surface area contributed by atoms with Crippen molar-refractivity contribution in [2.45, 2.75) is 6.54 Å². The topological polar surface area (TPSA) is 78.2 Å². The molecule has 1 aromatic heterocycles. The Hall–Kier alpha value is -1.27. The van der Waals surface area contributed by atoms with Crippen LogP contribution in [0.2, 0.25) is 5.02 Å². The van der Waals surface area contributed by atoms with Crippen LogP contribution in [-0.2, 0) is 11.3 Å². The van der Waals surface area contributed by atoms with Gasteiger partial charge in [-0.2, -0.15) is 0 Å². The van der Waals surface area contributed by atoms with Crippen LogP contribution >= 0.6 is 27.5 Å². The minimum atomic E-state index is -0.642. The highest BCUT2D eigenvalue weighted by Gasteiger charge is 2.14. The van der Waals surface area contributed by atoms with E-state index in [0.29, 0.717) is 20.6 Å². The minimum Gasteiger partial charge on any atom is -0.406 e. The number of amides is 1. The number of fused-ring (bicyclic) bond motifs is 1. The molecule has 0 atom stereocenters. The number of halogens is 2. The van der Waals surface area contributed by atoms with Gasteiger partial charge in [0.05, 0.1) is 15.0 Å². The number of hydrogen-bond acceptors (Lipinski definition) is 3. The molecule has 5 nitrogen and oxygen atoms in total. The maximum Gasteiger partial charge on any atom is 0.420 e. The van der Waals surface area contributed by atoms with Gasteiger partial charge in [0, 0.05) is 0 Å². The lowest BCUT2D eigenvalue weighted by Crippen LogP contribution is -2.24. The summed E-state index contributed by atoms with van der Waals surface area (Å²) < 4.78 is 6.61. The molecule has 0 bridgehead atoms. The fourth-order valence-corrected chi connectivity index (χ4v) is 1.94. The summed E-state index contributed by atoms with van der Waals surface area (Å²) in [5.74, 6) is -1.26. The number of carbonyl (C=O) groups excluding carboxylic acids is 1. The third kappa shape index (κ3) is 1.74. The van der Waals surface area contributed by atoms with Crippen LogP contribution in [0.25, 0.3) is 11.1 Å². The van der Waals surface area contributed by atoms with Crippen molar-refractivity contribution in [3.63, 3.8) is 0 Å². The third-order valence-electron chi connectivity index (χ3n) is 2.04. The molecule has 2 N–H and O–H groups in total. The molecule has 1 aromatic carbocycles. The van der Waals surface area contributed by atoms with Gasteiger partial charge in [-0.15, -0.1) is 0 Å². The summed E-state index contributed by atoms with van der Waals surface area (Å²) in [7, 11) is 0. The van der Waals surface area contributed by atoms with Crippen molar-refractivity contribution in [3.05, 3.63) is 32.2 Å². The van der Waals surface area contributed by atoms with Gasteiger partial charge in [0.1, 0.15) is 6.54 Å². The smallest absolute Gasteiger partial charge is 0.406 e. The Bertz CT molecular complexity index is 631. The zero-order chi connectivity index (χ0) is 11.9. The van der Waals surface area contributed by atoms with Crippen molar-refractivity contribution in [1.82, 2.24) is 4.57 Å². The number of oxazole rings is 1. The SMILES string of the molecule is NC(=O)Cn1c(=O)oc2c(Br)c(Cl)ccc21. The van der Waals surface area contributed by atoms with E-state index in [9.17, 15) is 9.59 Å². The predicted molar refractivity (Wildman–Crippen MR) is 62.4 cm³/mol. The van der Waals surface area contributed by atoms with Gasteiger partial charge in [0.2, 0.25) is 5.91 Å². The molecule has 0 saturated carbocycles. The molecule has 16 heavy (non-hydrogen) atoms. The van der Waals surface area contributed by atoms with E-state index in [1.165, 1.54) is 0 Å². The largest absolute Gasteiger partial charge is 0.420 e. The van der Waals surface area contributed by atoms with Crippen molar-refractivity contribution in [3.8, 4) is 0 Å². The lowest BCUT2D eigenvalue weighted by Gasteiger charge is -1.99. The maximum atomic E-state index is 11.5. The molecule has 2 rings (SSSR count). The summed E-state index contributed by atoms with van der Waals surface area (Å²) in [6.07, 6.45) is 0. The number of hydrogen-bond donors (Lipinski definition) is 1. The number of nitrogens with two attached hydrogens (primary N) is 1. The van der Waals surface area contributed by atoms with Crippen LogP contribution < -0.4 is 11.5 Å². The van der Waals surface area contributed by atoms with E-state index < -0.39 is 11.7 Å². The molecule has 0 unspecified atom stereocenters. The molecule has 0 radical (unpaired) electrons. The Balaban J connectivity index is 2.76. The average Bonchev–Trinajstić information content (AvgIpc) is 2.51. The van der Waals surface area contributed by atoms with Crippen LogP contribution in [0, 0.1) is 0 Å². The molecule has 2 aromatic rings. The molecule has 0 fully saturated rings. The van der Waals surface area contributed by atoms with E-state index in [4.69, 9.17) is 21.8 Å². The average molecular weight is 306 g/mol. The number of nitrogens with zero attached hydrogens (tertiary/aromatic N) is 1. The van der Waals surface area contributed by atoms with Gasteiger partial charge in [-0.1, -0.05) is 11.6 Å². The van der Waals surface area contributed by atoms with Crippen LogP contribution in [0.4, 0.5) is 0 Å². The lowest BCUT2D eigenvalue weighted by molar-refractivity contribution is -0.118. The summed E-state index contributed by atoms with van der Waals surface area (Å²) >= 11 is 9.05. The molecule has 0 aliphatic carbocycles. The van der Waals surface area contributed by atoms with Crippen molar-refractivity contribution in [2.75, 3.05) is 0 Å². The molecule has 0 aliphatic rings. The highest BCUT2D eigenvalue weighted by molar-refractivity contribution is 9.10. The van der Waals surface area contributed by atoms with Crippen LogP contribution in [-0.4, -0.2) is 10.5 Å². The van der Waals surface area contributed by atoms with Crippen LogP contribution in [0.3, 0.4) is 0 Å². The number of carbonyl (C=O) groups is 1. The fourth-order valence-electron chi connectivity index (χ4n) is 1.38. The monoisotopic (exact) mass is 304 g/mol. The van der Waals surface area contributed by atoms with Gasteiger partial charge in [-0.25, -0.2) is 4.79 Å². The quantitative estimate of drug-likeness (QED) is 0.913. The summed E-state index contributed by atoms with van der Waals surface area (Å²) in [5.41, 5.74) is 5.81. The zero-order valence-corrected chi connectivity index (χ0v) is 10.2. The highest BCUT2D eigenvalue weighted by Crippen LogP contribution is 2.30. The van der Waals surface area contributed by atoms with E-state index >= 15 is 0 Å². The van der Waals surface area contributed by atoms with E-state index in [1.54, 1.807) is 12.1 Å². The first-order valence-corrected chi connectivity index (χ1v) is 5.43. The first-order chi connectivity index (χ1) is 7.50. The van der Waals surface area contributed by atoms with E-state index in [0.717, 1.165) is 4.57 Å². The van der Waals surface area contributed by atoms with Gasteiger partial charge in [-0.3, -0.25) is 9.36 Å². The first kappa shape index (κ1) is 11.2. The number of benzene rings is 1. The van der Waals surface area contributed by atoms with Crippen molar-refractivity contribution >= 4 is 44.5 Å². The van der Waals surface area contributed by atoms with Gasteiger partial charge in [0.15, 0.2) is 5.58 Å². The number of aromatic nitrogens is 1. The fraction of sp³-hybridized carbons (Fsp3) is 0.111. The standard InChI is InChI=1S/C9H6BrClN2O3/c10-7-4(11)1-2-5-8(7)16-9(15)13(5)3-6(12)14/h1-2H,3H2,(H2,12,14). The van der Waals surface area contributed by atoms with Crippen molar-refractivity contribution in [1.29, 1.82) is 0 Å². The van der Waals surface area contributed by atoms with Crippen molar-refractivity contribution < 1.29 is 9.21 Å². The molecule has 1 heterocycles. The Labute approximate surface area is 103 Å². The molecular formula is C9H6BrClN2O3. The first-order valence-electron chi connectivity index (χ1n) is 4.26.